The number of amides is 2. The van der Waals surface area contributed by atoms with Gasteiger partial charge in [-0.3, -0.25) is 9.59 Å². The van der Waals surface area contributed by atoms with E-state index in [9.17, 15) is 9.59 Å². The molecule has 0 spiro atoms. The molecule has 3 aromatic rings. The first-order valence-electron chi connectivity index (χ1n) is 7.80. The number of carbonyl (C=O) groups excluding carboxylic acids is 2. The quantitative estimate of drug-likeness (QED) is 0.635. The number of hydrogen-bond acceptors (Lipinski definition) is 3. The maximum absolute atomic E-state index is 12.0. The average molecular weight is 367 g/mol. The van der Waals surface area contributed by atoms with Gasteiger partial charge in [0.2, 0.25) is 5.91 Å². The normalized spacial score (nSPS) is 10.7. The predicted octanol–water partition coefficient (Wildman–Crippen LogP) is 4.84. The van der Waals surface area contributed by atoms with Crippen molar-refractivity contribution in [1.82, 2.24) is 0 Å². The highest BCUT2D eigenvalue weighted by molar-refractivity contribution is 6.30. The van der Waals surface area contributed by atoms with Crippen molar-refractivity contribution in [3.05, 3.63) is 89.3 Å². The first kappa shape index (κ1) is 17.5. The SMILES string of the molecule is O=C(/C=C/c1cccc(Cl)c1)Nc1ccc(NC(=O)c2ccco2)cc1. The van der Waals surface area contributed by atoms with Crippen molar-refractivity contribution in [2.24, 2.45) is 0 Å². The molecule has 0 radical (unpaired) electrons. The van der Waals surface area contributed by atoms with E-state index in [4.69, 9.17) is 16.0 Å². The van der Waals surface area contributed by atoms with Crippen molar-refractivity contribution < 1.29 is 14.0 Å². The van der Waals surface area contributed by atoms with E-state index >= 15 is 0 Å². The number of rotatable bonds is 5. The molecule has 1 heterocycles. The van der Waals surface area contributed by atoms with Crippen molar-refractivity contribution in [3.8, 4) is 0 Å². The van der Waals surface area contributed by atoms with Gasteiger partial charge in [0, 0.05) is 22.5 Å². The fraction of sp³-hybridized carbons (Fsp3) is 0. The molecular weight excluding hydrogens is 352 g/mol. The third-order valence-electron chi connectivity index (χ3n) is 3.43. The van der Waals surface area contributed by atoms with Crippen molar-refractivity contribution in [2.75, 3.05) is 10.6 Å². The lowest BCUT2D eigenvalue weighted by molar-refractivity contribution is -0.111. The van der Waals surface area contributed by atoms with Gasteiger partial charge in [0.15, 0.2) is 5.76 Å². The summed E-state index contributed by atoms with van der Waals surface area (Å²) >= 11 is 5.90. The summed E-state index contributed by atoms with van der Waals surface area (Å²) in [5.41, 5.74) is 2.05. The average Bonchev–Trinajstić information content (AvgIpc) is 3.17. The highest BCUT2D eigenvalue weighted by atomic mass is 35.5. The maximum Gasteiger partial charge on any atom is 0.291 e. The number of anilines is 2. The summed E-state index contributed by atoms with van der Waals surface area (Å²) in [5, 5.41) is 6.06. The third kappa shape index (κ3) is 4.84. The number of nitrogens with one attached hydrogen (secondary N) is 2. The first-order chi connectivity index (χ1) is 12.6. The van der Waals surface area contributed by atoms with Gasteiger partial charge in [-0.2, -0.15) is 0 Å². The second-order valence-electron chi connectivity index (χ2n) is 5.39. The van der Waals surface area contributed by atoms with E-state index in [1.54, 1.807) is 54.6 Å². The summed E-state index contributed by atoms with van der Waals surface area (Å²) in [6.45, 7) is 0. The summed E-state index contributed by atoms with van der Waals surface area (Å²) in [6.07, 6.45) is 4.54. The molecule has 0 unspecified atom stereocenters. The lowest BCUT2D eigenvalue weighted by Crippen LogP contribution is -2.11. The highest BCUT2D eigenvalue weighted by Crippen LogP contribution is 2.15. The summed E-state index contributed by atoms with van der Waals surface area (Å²) in [6, 6.07) is 17.2. The lowest BCUT2D eigenvalue weighted by Gasteiger charge is -2.06. The molecule has 0 saturated carbocycles. The molecule has 26 heavy (non-hydrogen) atoms. The molecule has 3 rings (SSSR count). The van der Waals surface area contributed by atoms with E-state index in [1.807, 2.05) is 12.1 Å². The van der Waals surface area contributed by atoms with Crippen molar-refractivity contribution in [1.29, 1.82) is 0 Å². The molecule has 0 aliphatic rings. The van der Waals surface area contributed by atoms with Gasteiger partial charge in [0.25, 0.3) is 5.91 Å². The van der Waals surface area contributed by atoms with Crippen LogP contribution in [0, 0.1) is 0 Å². The molecule has 1 aromatic heterocycles. The van der Waals surface area contributed by atoms with Crippen molar-refractivity contribution in [2.45, 2.75) is 0 Å². The van der Waals surface area contributed by atoms with E-state index in [2.05, 4.69) is 10.6 Å². The Hall–Kier alpha value is -3.31. The van der Waals surface area contributed by atoms with Gasteiger partial charge in [-0.1, -0.05) is 23.7 Å². The van der Waals surface area contributed by atoms with Gasteiger partial charge in [0.05, 0.1) is 6.26 Å². The molecule has 0 bridgehead atoms. The summed E-state index contributed by atoms with van der Waals surface area (Å²) < 4.78 is 5.03. The van der Waals surface area contributed by atoms with Crippen LogP contribution < -0.4 is 10.6 Å². The highest BCUT2D eigenvalue weighted by Gasteiger charge is 2.08. The third-order valence-corrected chi connectivity index (χ3v) is 3.67. The maximum atomic E-state index is 12.0. The first-order valence-corrected chi connectivity index (χ1v) is 8.17. The summed E-state index contributed by atoms with van der Waals surface area (Å²) in [4.78, 5) is 23.9. The van der Waals surface area contributed by atoms with Crippen LogP contribution >= 0.6 is 11.6 Å². The fourth-order valence-electron chi connectivity index (χ4n) is 2.20. The number of carbonyl (C=O) groups is 2. The van der Waals surface area contributed by atoms with Crippen LogP contribution in [-0.2, 0) is 4.79 Å². The predicted molar refractivity (Wildman–Crippen MR) is 102 cm³/mol. The van der Waals surface area contributed by atoms with Crippen LogP contribution in [0.1, 0.15) is 16.1 Å². The molecule has 130 valence electrons. The Morgan fingerprint density at radius 3 is 2.31 bits per heavy atom. The molecule has 2 amide bonds. The molecule has 0 fully saturated rings. The van der Waals surface area contributed by atoms with E-state index in [-0.39, 0.29) is 17.6 Å². The second kappa shape index (κ2) is 8.18. The summed E-state index contributed by atoms with van der Waals surface area (Å²) in [5.74, 6) is -0.373. The lowest BCUT2D eigenvalue weighted by atomic mass is 10.2. The Labute approximate surface area is 155 Å². The molecule has 6 heteroatoms. The van der Waals surface area contributed by atoms with Crippen LogP contribution in [0.3, 0.4) is 0 Å². The van der Waals surface area contributed by atoms with Gasteiger partial charge >= 0.3 is 0 Å². The van der Waals surface area contributed by atoms with Crippen LogP contribution in [0.15, 0.2) is 77.4 Å². The van der Waals surface area contributed by atoms with Gasteiger partial charge in [-0.15, -0.1) is 0 Å². The molecule has 0 aliphatic carbocycles. The molecule has 0 saturated heterocycles. The molecular formula is C20H15ClN2O3. The fourth-order valence-corrected chi connectivity index (χ4v) is 2.40. The zero-order chi connectivity index (χ0) is 18.4. The van der Waals surface area contributed by atoms with Gasteiger partial charge in [-0.25, -0.2) is 0 Å². The Kier molecular flexibility index (Phi) is 5.51. The van der Waals surface area contributed by atoms with Crippen LogP contribution in [0.2, 0.25) is 5.02 Å². The van der Waals surface area contributed by atoms with Crippen molar-refractivity contribution in [3.63, 3.8) is 0 Å². The van der Waals surface area contributed by atoms with Crippen LogP contribution in [0.5, 0.6) is 0 Å². The van der Waals surface area contributed by atoms with E-state index in [0.717, 1.165) is 5.56 Å². The van der Waals surface area contributed by atoms with Gasteiger partial charge < -0.3 is 15.1 Å². The number of hydrogen-bond donors (Lipinski definition) is 2. The molecule has 2 N–H and O–H groups in total. The largest absolute Gasteiger partial charge is 0.459 e. The topological polar surface area (TPSA) is 71.3 Å². The van der Waals surface area contributed by atoms with Gasteiger partial charge in [-0.05, 0) is 60.2 Å². The van der Waals surface area contributed by atoms with Crippen LogP contribution in [0.4, 0.5) is 11.4 Å². The van der Waals surface area contributed by atoms with E-state index in [1.165, 1.54) is 12.3 Å². The smallest absolute Gasteiger partial charge is 0.291 e. The zero-order valence-corrected chi connectivity index (χ0v) is 14.4. The Bertz CT molecular complexity index is 932. The Balaban J connectivity index is 1.57. The van der Waals surface area contributed by atoms with Crippen LogP contribution in [-0.4, -0.2) is 11.8 Å². The monoisotopic (exact) mass is 366 g/mol. The van der Waals surface area contributed by atoms with Crippen LogP contribution in [0.25, 0.3) is 6.08 Å². The molecule has 0 aliphatic heterocycles. The molecule has 2 aromatic carbocycles. The number of halogens is 1. The molecule has 5 nitrogen and oxygen atoms in total. The number of furan rings is 1. The van der Waals surface area contributed by atoms with Gasteiger partial charge in [0.1, 0.15) is 0 Å². The number of benzene rings is 2. The van der Waals surface area contributed by atoms with E-state index < -0.39 is 0 Å². The zero-order valence-electron chi connectivity index (χ0n) is 13.6. The molecule has 0 atom stereocenters. The minimum atomic E-state index is -0.337. The minimum absolute atomic E-state index is 0.230. The standard InChI is InChI=1S/C20H15ClN2O3/c21-15-4-1-3-14(13-15)6-11-19(24)22-16-7-9-17(10-8-16)23-20(25)18-5-2-12-26-18/h1-13H,(H,22,24)(H,23,25)/b11-6+. The van der Waals surface area contributed by atoms with Crippen molar-refractivity contribution >= 4 is 40.9 Å². The summed E-state index contributed by atoms with van der Waals surface area (Å²) in [7, 11) is 0. The Morgan fingerprint density at radius 2 is 1.65 bits per heavy atom. The Morgan fingerprint density at radius 1 is 0.923 bits per heavy atom. The second-order valence-corrected chi connectivity index (χ2v) is 5.82. The van der Waals surface area contributed by atoms with E-state index in [0.29, 0.717) is 16.4 Å². The minimum Gasteiger partial charge on any atom is -0.459 e.